The Bertz CT molecular complexity index is 530. The van der Waals surface area contributed by atoms with Crippen LogP contribution in [0.2, 0.25) is 0 Å². The van der Waals surface area contributed by atoms with Crippen LogP contribution in [0.25, 0.3) is 0 Å². The molecule has 5 heteroatoms. The van der Waals surface area contributed by atoms with Crippen molar-refractivity contribution in [3.8, 4) is 5.75 Å². The third kappa shape index (κ3) is 2.78. The van der Waals surface area contributed by atoms with E-state index in [-0.39, 0.29) is 12.1 Å². The van der Waals surface area contributed by atoms with E-state index in [1.807, 2.05) is 36.0 Å². The number of ether oxygens (including phenoxy) is 1. The van der Waals surface area contributed by atoms with Gasteiger partial charge in [-0.05, 0) is 30.2 Å². The number of nitrogens with two attached hydrogens (primary N) is 1. The van der Waals surface area contributed by atoms with Gasteiger partial charge in [-0.25, -0.2) is 0 Å². The highest BCUT2D eigenvalue weighted by Gasteiger charge is 2.27. The largest absolute Gasteiger partial charge is 0.487 e. The summed E-state index contributed by atoms with van der Waals surface area (Å²) in [5, 5.41) is 0. The van der Waals surface area contributed by atoms with Crippen LogP contribution in [0.5, 0.6) is 5.75 Å². The SMILES string of the molecule is NNC(Cc1ccoc1)C1CSc2ccccc2O1. The summed E-state index contributed by atoms with van der Waals surface area (Å²) in [6, 6.07) is 10.1. The third-order valence-electron chi connectivity index (χ3n) is 3.23. The van der Waals surface area contributed by atoms with Crippen LogP contribution in [0.15, 0.2) is 52.2 Å². The number of hydrazine groups is 1. The highest BCUT2D eigenvalue weighted by atomic mass is 32.2. The molecule has 1 aliphatic heterocycles. The second-order valence-corrected chi connectivity index (χ2v) is 5.58. The van der Waals surface area contributed by atoms with E-state index >= 15 is 0 Å². The molecule has 0 amide bonds. The zero-order chi connectivity index (χ0) is 13.1. The van der Waals surface area contributed by atoms with Crippen LogP contribution in [0.1, 0.15) is 5.56 Å². The second-order valence-electron chi connectivity index (χ2n) is 4.52. The molecular weight excluding hydrogens is 260 g/mol. The molecule has 100 valence electrons. The first-order valence-corrected chi connectivity index (χ1v) is 7.21. The number of hydrogen-bond acceptors (Lipinski definition) is 5. The molecule has 0 saturated carbocycles. The van der Waals surface area contributed by atoms with Crippen molar-refractivity contribution in [2.45, 2.75) is 23.5 Å². The Labute approximate surface area is 116 Å². The molecule has 2 atom stereocenters. The summed E-state index contributed by atoms with van der Waals surface area (Å²) in [5.74, 6) is 7.50. The van der Waals surface area contributed by atoms with Crippen LogP contribution in [-0.4, -0.2) is 17.9 Å². The predicted molar refractivity (Wildman–Crippen MR) is 75.1 cm³/mol. The Morgan fingerprint density at radius 3 is 3.05 bits per heavy atom. The van der Waals surface area contributed by atoms with E-state index in [1.165, 1.54) is 4.90 Å². The molecule has 2 unspecified atom stereocenters. The molecule has 4 nitrogen and oxygen atoms in total. The molecule has 1 aliphatic rings. The number of benzene rings is 1. The zero-order valence-electron chi connectivity index (χ0n) is 10.4. The Kier molecular flexibility index (Phi) is 3.77. The number of para-hydroxylation sites is 1. The Balaban J connectivity index is 1.72. The number of fused-ring (bicyclic) bond motifs is 1. The average molecular weight is 276 g/mol. The molecule has 3 N–H and O–H groups in total. The summed E-state index contributed by atoms with van der Waals surface area (Å²) in [6.45, 7) is 0. The van der Waals surface area contributed by atoms with Crippen molar-refractivity contribution in [3.63, 3.8) is 0 Å². The van der Waals surface area contributed by atoms with Gasteiger partial charge in [-0.15, -0.1) is 11.8 Å². The smallest absolute Gasteiger partial charge is 0.133 e. The number of thioether (sulfide) groups is 1. The fourth-order valence-electron chi connectivity index (χ4n) is 2.19. The van der Waals surface area contributed by atoms with Gasteiger partial charge in [-0.3, -0.25) is 11.3 Å². The molecular formula is C14H16N2O2S. The Hall–Kier alpha value is -1.43. The fraction of sp³-hybridized carbons (Fsp3) is 0.286. The molecule has 0 bridgehead atoms. The molecule has 3 rings (SSSR count). The number of hydrogen-bond donors (Lipinski definition) is 2. The summed E-state index contributed by atoms with van der Waals surface area (Å²) in [6.07, 6.45) is 4.27. The minimum Gasteiger partial charge on any atom is -0.487 e. The first-order valence-electron chi connectivity index (χ1n) is 6.22. The fourth-order valence-corrected chi connectivity index (χ4v) is 3.27. The van der Waals surface area contributed by atoms with Crippen LogP contribution >= 0.6 is 11.8 Å². The van der Waals surface area contributed by atoms with E-state index in [2.05, 4.69) is 11.5 Å². The maximum absolute atomic E-state index is 6.04. The Morgan fingerprint density at radius 1 is 1.37 bits per heavy atom. The molecule has 0 spiro atoms. The summed E-state index contributed by atoms with van der Waals surface area (Å²) >= 11 is 1.81. The van der Waals surface area contributed by atoms with Gasteiger partial charge in [0.15, 0.2) is 0 Å². The summed E-state index contributed by atoms with van der Waals surface area (Å²) in [7, 11) is 0. The van der Waals surface area contributed by atoms with Crippen LogP contribution in [0, 0.1) is 0 Å². The lowest BCUT2D eigenvalue weighted by molar-refractivity contribution is 0.165. The number of nitrogens with one attached hydrogen (secondary N) is 1. The van der Waals surface area contributed by atoms with Gasteiger partial charge in [0.05, 0.1) is 18.6 Å². The molecule has 1 aromatic heterocycles. The molecule has 0 radical (unpaired) electrons. The zero-order valence-corrected chi connectivity index (χ0v) is 11.2. The van der Waals surface area contributed by atoms with Crippen LogP contribution in [-0.2, 0) is 6.42 Å². The second kappa shape index (κ2) is 5.69. The van der Waals surface area contributed by atoms with Gasteiger partial charge in [0.25, 0.3) is 0 Å². The van der Waals surface area contributed by atoms with Gasteiger partial charge in [-0.2, -0.15) is 0 Å². The van der Waals surface area contributed by atoms with Crippen LogP contribution < -0.4 is 16.0 Å². The van der Waals surface area contributed by atoms with Crippen LogP contribution in [0.4, 0.5) is 0 Å². The Morgan fingerprint density at radius 2 is 2.26 bits per heavy atom. The normalized spacial score (nSPS) is 19.5. The van der Waals surface area contributed by atoms with Crippen molar-refractivity contribution in [3.05, 3.63) is 48.4 Å². The molecule has 0 aliphatic carbocycles. The first-order chi connectivity index (χ1) is 9.36. The maximum atomic E-state index is 6.04. The lowest BCUT2D eigenvalue weighted by atomic mass is 10.0. The molecule has 2 aromatic rings. The number of furan rings is 1. The van der Waals surface area contributed by atoms with Crippen molar-refractivity contribution < 1.29 is 9.15 Å². The minimum absolute atomic E-state index is 0.0554. The molecule has 2 heterocycles. The average Bonchev–Trinajstić information content (AvgIpc) is 2.97. The van der Waals surface area contributed by atoms with E-state index in [0.717, 1.165) is 23.5 Å². The lowest BCUT2D eigenvalue weighted by Crippen LogP contribution is -2.49. The lowest BCUT2D eigenvalue weighted by Gasteiger charge is -2.31. The first kappa shape index (κ1) is 12.6. The summed E-state index contributed by atoms with van der Waals surface area (Å²) < 4.78 is 11.1. The van der Waals surface area contributed by atoms with Gasteiger partial charge >= 0.3 is 0 Å². The highest BCUT2D eigenvalue weighted by molar-refractivity contribution is 7.99. The van der Waals surface area contributed by atoms with Crippen molar-refractivity contribution in [2.75, 3.05) is 5.75 Å². The van der Waals surface area contributed by atoms with E-state index in [0.29, 0.717) is 0 Å². The predicted octanol–water partition coefficient (Wildman–Crippen LogP) is 2.21. The standard InChI is InChI=1S/C14H16N2O2S/c15-16-11(7-10-5-6-17-8-10)13-9-19-14-4-2-1-3-12(14)18-13/h1-6,8,11,13,16H,7,9,15H2. The quantitative estimate of drug-likeness (QED) is 0.662. The molecule has 1 aromatic carbocycles. The van der Waals surface area contributed by atoms with Crippen molar-refractivity contribution in [2.24, 2.45) is 5.84 Å². The summed E-state index contributed by atoms with van der Waals surface area (Å²) in [5.41, 5.74) is 3.98. The van der Waals surface area contributed by atoms with Gasteiger partial charge in [0, 0.05) is 10.6 Å². The molecule has 0 fully saturated rings. The van der Waals surface area contributed by atoms with E-state index in [1.54, 1.807) is 12.5 Å². The van der Waals surface area contributed by atoms with E-state index in [4.69, 9.17) is 15.0 Å². The number of rotatable bonds is 4. The van der Waals surface area contributed by atoms with E-state index in [9.17, 15) is 0 Å². The van der Waals surface area contributed by atoms with Gasteiger partial charge in [-0.1, -0.05) is 12.1 Å². The topological polar surface area (TPSA) is 60.4 Å². The van der Waals surface area contributed by atoms with Gasteiger partial charge in [0.1, 0.15) is 11.9 Å². The van der Waals surface area contributed by atoms with E-state index < -0.39 is 0 Å². The van der Waals surface area contributed by atoms with Crippen molar-refractivity contribution in [1.29, 1.82) is 0 Å². The van der Waals surface area contributed by atoms with Gasteiger partial charge < -0.3 is 9.15 Å². The van der Waals surface area contributed by atoms with Crippen molar-refractivity contribution >= 4 is 11.8 Å². The minimum atomic E-state index is 0.0554. The monoisotopic (exact) mass is 276 g/mol. The molecule has 0 saturated heterocycles. The maximum Gasteiger partial charge on any atom is 0.133 e. The summed E-state index contributed by atoms with van der Waals surface area (Å²) in [4.78, 5) is 1.19. The third-order valence-corrected chi connectivity index (χ3v) is 4.37. The van der Waals surface area contributed by atoms with Crippen molar-refractivity contribution in [1.82, 2.24) is 5.43 Å². The van der Waals surface area contributed by atoms with Gasteiger partial charge in [0.2, 0.25) is 0 Å². The van der Waals surface area contributed by atoms with Crippen LogP contribution in [0.3, 0.4) is 0 Å². The molecule has 19 heavy (non-hydrogen) atoms. The highest BCUT2D eigenvalue weighted by Crippen LogP contribution is 2.35.